The quantitative estimate of drug-likeness (QED) is 0.646. The second-order valence-electron chi connectivity index (χ2n) is 4.77. The molecule has 0 unspecified atom stereocenters. The fraction of sp³-hybridized carbons (Fsp3) is 0.214. The van der Waals surface area contributed by atoms with E-state index < -0.39 is 4.92 Å². The number of thiophene rings is 1. The van der Waals surface area contributed by atoms with Crippen molar-refractivity contribution < 1.29 is 9.72 Å². The number of nitro benzene ring substituents is 1. The van der Waals surface area contributed by atoms with Crippen molar-refractivity contribution in [2.45, 2.75) is 6.54 Å². The number of nitrogens with zero attached hydrogens (tertiary/aromatic N) is 2. The summed E-state index contributed by atoms with van der Waals surface area (Å²) in [6, 6.07) is 6.04. The van der Waals surface area contributed by atoms with E-state index in [0.29, 0.717) is 11.6 Å². The topological polar surface area (TPSA) is 75.5 Å². The molecule has 6 nitrogen and oxygen atoms in total. The highest BCUT2D eigenvalue weighted by Crippen LogP contribution is 2.27. The molecule has 0 aliphatic rings. The Morgan fingerprint density at radius 1 is 1.45 bits per heavy atom. The van der Waals surface area contributed by atoms with Crippen LogP contribution in [0.5, 0.6) is 0 Å². The van der Waals surface area contributed by atoms with Gasteiger partial charge in [0.25, 0.3) is 5.69 Å². The molecule has 0 saturated heterocycles. The van der Waals surface area contributed by atoms with Crippen LogP contribution in [-0.4, -0.2) is 29.3 Å². The predicted molar refractivity (Wildman–Crippen MR) is 87.4 cm³/mol. The van der Waals surface area contributed by atoms with Gasteiger partial charge in [0, 0.05) is 17.6 Å². The maximum absolute atomic E-state index is 12.0. The van der Waals surface area contributed by atoms with Crippen LogP contribution in [0.2, 0.25) is 5.02 Å². The van der Waals surface area contributed by atoms with Crippen molar-refractivity contribution in [1.82, 2.24) is 4.90 Å². The number of nitrogens with one attached hydrogen (secondary N) is 1. The number of carbonyl (C=O) groups excluding carboxylic acids is 1. The normalized spacial score (nSPS) is 10.7. The zero-order valence-electron chi connectivity index (χ0n) is 11.8. The van der Waals surface area contributed by atoms with Crippen molar-refractivity contribution >= 4 is 40.2 Å². The molecule has 0 aliphatic heterocycles. The Labute approximate surface area is 136 Å². The zero-order valence-corrected chi connectivity index (χ0v) is 13.4. The standard InChI is InChI=1S/C14H14ClN3O3S/c1-17(7-10-4-5-22-9-10)8-14(19)16-12-6-11(15)2-3-13(12)18(20)21/h2-6,9H,7-8H2,1H3,(H,16,19). The van der Waals surface area contributed by atoms with Gasteiger partial charge in [0.15, 0.2) is 0 Å². The molecule has 0 radical (unpaired) electrons. The van der Waals surface area contributed by atoms with E-state index in [9.17, 15) is 14.9 Å². The Kier molecular flexibility index (Phi) is 5.48. The number of rotatable bonds is 6. The van der Waals surface area contributed by atoms with Crippen molar-refractivity contribution in [3.8, 4) is 0 Å². The maximum atomic E-state index is 12.0. The van der Waals surface area contributed by atoms with Crippen LogP contribution in [0, 0.1) is 10.1 Å². The van der Waals surface area contributed by atoms with Crippen LogP contribution >= 0.6 is 22.9 Å². The summed E-state index contributed by atoms with van der Waals surface area (Å²) in [5.41, 5.74) is 1.04. The third-order valence-electron chi connectivity index (χ3n) is 2.88. The smallest absolute Gasteiger partial charge is 0.292 e. The first-order valence-corrected chi connectivity index (χ1v) is 7.71. The summed E-state index contributed by atoms with van der Waals surface area (Å²) < 4.78 is 0. The molecule has 1 aromatic heterocycles. The number of amides is 1. The van der Waals surface area contributed by atoms with Gasteiger partial charge >= 0.3 is 0 Å². The van der Waals surface area contributed by atoms with Crippen molar-refractivity contribution in [3.05, 3.63) is 55.7 Å². The van der Waals surface area contributed by atoms with Crippen LogP contribution in [0.3, 0.4) is 0 Å². The third-order valence-corrected chi connectivity index (χ3v) is 3.84. The molecule has 0 atom stereocenters. The lowest BCUT2D eigenvalue weighted by Crippen LogP contribution is -2.29. The lowest BCUT2D eigenvalue weighted by Gasteiger charge is -2.15. The molecule has 0 fully saturated rings. The van der Waals surface area contributed by atoms with Crippen molar-refractivity contribution in [2.24, 2.45) is 0 Å². The van der Waals surface area contributed by atoms with Crippen molar-refractivity contribution in [1.29, 1.82) is 0 Å². The molecule has 1 aromatic carbocycles. The lowest BCUT2D eigenvalue weighted by molar-refractivity contribution is -0.383. The van der Waals surface area contributed by atoms with Gasteiger partial charge in [-0.25, -0.2) is 0 Å². The van der Waals surface area contributed by atoms with Gasteiger partial charge < -0.3 is 5.32 Å². The highest BCUT2D eigenvalue weighted by atomic mass is 35.5. The van der Waals surface area contributed by atoms with E-state index in [0.717, 1.165) is 5.56 Å². The van der Waals surface area contributed by atoms with Gasteiger partial charge in [-0.1, -0.05) is 11.6 Å². The molecule has 22 heavy (non-hydrogen) atoms. The average Bonchev–Trinajstić information content (AvgIpc) is 2.90. The van der Waals surface area contributed by atoms with Gasteiger partial charge in [-0.05, 0) is 41.6 Å². The zero-order chi connectivity index (χ0) is 16.1. The molecule has 0 spiro atoms. The molecule has 2 aromatic rings. The summed E-state index contributed by atoms with van der Waals surface area (Å²) in [5.74, 6) is -0.330. The number of carbonyl (C=O) groups is 1. The number of likely N-dealkylation sites (N-methyl/N-ethyl adjacent to an activating group) is 1. The second-order valence-corrected chi connectivity index (χ2v) is 5.99. The van der Waals surface area contributed by atoms with Gasteiger partial charge in [-0.3, -0.25) is 19.8 Å². The van der Waals surface area contributed by atoms with Gasteiger partial charge in [0.2, 0.25) is 5.91 Å². The monoisotopic (exact) mass is 339 g/mol. The van der Waals surface area contributed by atoms with E-state index >= 15 is 0 Å². The van der Waals surface area contributed by atoms with Gasteiger partial charge in [-0.2, -0.15) is 11.3 Å². The highest BCUT2D eigenvalue weighted by Gasteiger charge is 2.17. The Morgan fingerprint density at radius 3 is 2.86 bits per heavy atom. The first-order chi connectivity index (χ1) is 10.5. The number of anilines is 1. The second kappa shape index (κ2) is 7.35. The molecule has 0 aliphatic carbocycles. The summed E-state index contributed by atoms with van der Waals surface area (Å²) >= 11 is 7.42. The Bertz CT molecular complexity index is 676. The van der Waals surface area contributed by atoms with Crippen LogP contribution < -0.4 is 5.32 Å². The Hall–Kier alpha value is -1.96. The first kappa shape index (κ1) is 16.4. The minimum absolute atomic E-state index is 0.103. The van der Waals surface area contributed by atoms with Crippen LogP contribution in [0.15, 0.2) is 35.0 Å². The summed E-state index contributed by atoms with van der Waals surface area (Å²) in [6.45, 7) is 0.758. The van der Waals surface area contributed by atoms with Gasteiger partial charge in [-0.15, -0.1) is 0 Å². The molecule has 1 amide bonds. The van der Waals surface area contributed by atoms with E-state index in [1.165, 1.54) is 18.2 Å². The van der Waals surface area contributed by atoms with E-state index in [4.69, 9.17) is 11.6 Å². The molecule has 2 rings (SSSR count). The molecule has 0 bridgehead atoms. The largest absolute Gasteiger partial charge is 0.319 e. The third kappa shape index (κ3) is 4.52. The fourth-order valence-electron chi connectivity index (χ4n) is 1.95. The lowest BCUT2D eigenvalue weighted by atomic mass is 10.2. The van der Waals surface area contributed by atoms with Crippen molar-refractivity contribution in [2.75, 3.05) is 18.9 Å². The van der Waals surface area contributed by atoms with E-state index in [1.807, 2.05) is 28.8 Å². The van der Waals surface area contributed by atoms with Gasteiger partial charge in [0.05, 0.1) is 11.5 Å². The van der Waals surface area contributed by atoms with Crippen LogP contribution in [0.4, 0.5) is 11.4 Å². The Morgan fingerprint density at radius 2 is 2.23 bits per heavy atom. The summed E-state index contributed by atoms with van der Waals surface area (Å²) in [7, 11) is 1.81. The van der Waals surface area contributed by atoms with Crippen LogP contribution in [0.1, 0.15) is 5.56 Å². The van der Waals surface area contributed by atoms with Crippen LogP contribution in [0.25, 0.3) is 0 Å². The molecule has 8 heteroatoms. The number of hydrogen-bond acceptors (Lipinski definition) is 5. The number of halogens is 1. The van der Waals surface area contributed by atoms with E-state index in [2.05, 4.69) is 5.32 Å². The molecule has 1 heterocycles. The van der Waals surface area contributed by atoms with E-state index in [1.54, 1.807) is 11.3 Å². The molecule has 1 N–H and O–H groups in total. The molecular weight excluding hydrogens is 326 g/mol. The minimum atomic E-state index is -0.555. The Balaban J connectivity index is 1.99. The van der Waals surface area contributed by atoms with E-state index in [-0.39, 0.29) is 23.8 Å². The SMILES string of the molecule is CN(CC(=O)Nc1cc(Cl)ccc1[N+](=O)[O-])Cc1ccsc1. The first-order valence-electron chi connectivity index (χ1n) is 6.39. The summed E-state index contributed by atoms with van der Waals surface area (Å²) in [4.78, 5) is 24.2. The molecule has 116 valence electrons. The van der Waals surface area contributed by atoms with Crippen molar-refractivity contribution in [3.63, 3.8) is 0 Å². The highest BCUT2D eigenvalue weighted by molar-refractivity contribution is 7.07. The predicted octanol–water partition coefficient (Wildman–Crippen LogP) is 3.38. The van der Waals surface area contributed by atoms with Crippen LogP contribution in [-0.2, 0) is 11.3 Å². The number of nitro groups is 1. The number of hydrogen-bond donors (Lipinski definition) is 1. The van der Waals surface area contributed by atoms with Gasteiger partial charge in [0.1, 0.15) is 5.69 Å². The summed E-state index contributed by atoms with van der Waals surface area (Å²) in [5, 5.41) is 17.8. The fourth-order valence-corrected chi connectivity index (χ4v) is 2.78. The number of benzene rings is 1. The minimum Gasteiger partial charge on any atom is -0.319 e. The average molecular weight is 340 g/mol. The maximum Gasteiger partial charge on any atom is 0.292 e. The molecule has 0 saturated carbocycles. The molecular formula is C14H14ClN3O3S. The summed E-state index contributed by atoms with van der Waals surface area (Å²) in [6.07, 6.45) is 0.